The largest absolute Gasteiger partial charge is 0.397 e. The average molecular weight is 298 g/mol. The lowest BCUT2D eigenvalue weighted by Gasteiger charge is -2.25. The molecule has 0 aromatic heterocycles. The number of nitro benzene ring substituents is 1. The highest BCUT2D eigenvalue weighted by Crippen LogP contribution is 2.30. The number of rotatable bonds is 5. The molecule has 1 aliphatic carbocycles. The van der Waals surface area contributed by atoms with Crippen LogP contribution in [0.1, 0.15) is 36.0 Å². The van der Waals surface area contributed by atoms with E-state index in [9.17, 15) is 14.9 Å². The van der Waals surface area contributed by atoms with Gasteiger partial charge in [0.05, 0.1) is 21.2 Å². The van der Waals surface area contributed by atoms with E-state index < -0.39 is 10.8 Å². The molecule has 1 saturated carbocycles. The van der Waals surface area contributed by atoms with Crippen molar-refractivity contribution < 1.29 is 9.72 Å². The number of nitrogens with one attached hydrogen (secondary N) is 1. The summed E-state index contributed by atoms with van der Waals surface area (Å²) in [7, 11) is 0. The number of nitrogens with zero attached hydrogens (tertiary/aromatic N) is 1. The smallest absolute Gasteiger partial charge is 0.271 e. The van der Waals surface area contributed by atoms with Gasteiger partial charge in [-0.1, -0.05) is 30.9 Å². The van der Waals surface area contributed by atoms with Gasteiger partial charge in [0.25, 0.3) is 11.6 Å². The van der Waals surface area contributed by atoms with Crippen LogP contribution in [0.2, 0.25) is 5.02 Å². The van der Waals surface area contributed by atoms with E-state index >= 15 is 0 Å². The van der Waals surface area contributed by atoms with Crippen LogP contribution in [0.4, 0.5) is 11.4 Å². The molecule has 0 heterocycles. The van der Waals surface area contributed by atoms with Gasteiger partial charge in [0, 0.05) is 18.7 Å². The van der Waals surface area contributed by atoms with E-state index in [1.54, 1.807) is 0 Å². The Morgan fingerprint density at radius 3 is 2.75 bits per heavy atom. The molecule has 6 nitrogen and oxygen atoms in total. The molecular formula is C13H16ClN3O3. The van der Waals surface area contributed by atoms with Gasteiger partial charge in [-0.15, -0.1) is 0 Å². The van der Waals surface area contributed by atoms with E-state index in [1.807, 2.05) is 0 Å². The first-order valence-electron chi connectivity index (χ1n) is 6.50. The topological polar surface area (TPSA) is 98.3 Å². The molecule has 0 unspecified atom stereocenters. The molecule has 0 saturated heterocycles. The van der Waals surface area contributed by atoms with E-state index in [4.69, 9.17) is 17.3 Å². The highest BCUT2D eigenvalue weighted by Gasteiger charge is 2.20. The van der Waals surface area contributed by atoms with Gasteiger partial charge in [0.1, 0.15) is 0 Å². The molecular weight excluding hydrogens is 282 g/mol. The lowest BCUT2D eigenvalue weighted by molar-refractivity contribution is -0.384. The first-order valence-corrected chi connectivity index (χ1v) is 6.88. The van der Waals surface area contributed by atoms with Gasteiger partial charge in [-0.25, -0.2) is 0 Å². The van der Waals surface area contributed by atoms with Crippen molar-refractivity contribution >= 4 is 28.9 Å². The summed E-state index contributed by atoms with van der Waals surface area (Å²) in [6.45, 7) is 0.545. The van der Waals surface area contributed by atoms with Crippen molar-refractivity contribution in [1.82, 2.24) is 5.32 Å². The molecule has 7 heteroatoms. The quantitative estimate of drug-likeness (QED) is 0.496. The van der Waals surface area contributed by atoms with Crippen LogP contribution in [-0.4, -0.2) is 17.4 Å². The first-order chi connectivity index (χ1) is 9.49. The molecule has 20 heavy (non-hydrogen) atoms. The third-order valence-corrected chi connectivity index (χ3v) is 3.95. The Morgan fingerprint density at radius 2 is 2.20 bits per heavy atom. The van der Waals surface area contributed by atoms with Gasteiger partial charge in [-0.3, -0.25) is 14.9 Å². The highest BCUT2D eigenvalue weighted by atomic mass is 35.5. The number of nitrogen functional groups attached to an aromatic ring is 1. The minimum atomic E-state index is -0.601. The number of non-ortho nitro benzene ring substituents is 1. The number of hydrogen-bond acceptors (Lipinski definition) is 4. The van der Waals surface area contributed by atoms with Crippen LogP contribution in [0, 0.1) is 16.0 Å². The van der Waals surface area contributed by atoms with Crippen molar-refractivity contribution in [1.29, 1.82) is 0 Å². The minimum Gasteiger partial charge on any atom is -0.397 e. The van der Waals surface area contributed by atoms with E-state index in [1.165, 1.54) is 19.3 Å². The Hall–Kier alpha value is -1.82. The summed E-state index contributed by atoms with van der Waals surface area (Å²) in [6, 6.07) is 2.29. The van der Waals surface area contributed by atoms with Crippen LogP contribution in [0.5, 0.6) is 0 Å². The molecule has 2 rings (SSSR count). The van der Waals surface area contributed by atoms with E-state index in [2.05, 4.69) is 5.32 Å². The average Bonchev–Trinajstić information content (AvgIpc) is 2.34. The van der Waals surface area contributed by atoms with Gasteiger partial charge >= 0.3 is 0 Å². The number of nitro groups is 1. The standard InChI is InChI=1S/C13H16ClN3O3/c14-11-7-9(17(19)20)6-10(12(11)15)13(18)16-5-4-8-2-1-3-8/h6-8H,1-5,15H2,(H,16,18). The zero-order valence-electron chi connectivity index (χ0n) is 10.9. The van der Waals surface area contributed by atoms with E-state index in [0.29, 0.717) is 12.5 Å². The fourth-order valence-corrected chi connectivity index (χ4v) is 2.38. The summed E-state index contributed by atoms with van der Waals surface area (Å²) in [5, 5.41) is 13.5. The predicted molar refractivity (Wildman–Crippen MR) is 76.8 cm³/mol. The number of carbonyl (C=O) groups excluding carboxylic acids is 1. The molecule has 0 aliphatic heterocycles. The molecule has 0 atom stereocenters. The van der Waals surface area contributed by atoms with Crippen molar-refractivity contribution in [2.75, 3.05) is 12.3 Å². The predicted octanol–water partition coefficient (Wildman–Crippen LogP) is 2.75. The molecule has 0 spiro atoms. The molecule has 1 aromatic carbocycles. The highest BCUT2D eigenvalue weighted by molar-refractivity contribution is 6.34. The van der Waals surface area contributed by atoms with Crippen LogP contribution in [0.15, 0.2) is 12.1 Å². The lowest BCUT2D eigenvalue weighted by Crippen LogP contribution is -2.28. The normalized spacial score (nSPS) is 14.7. The van der Waals surface area contributed by atoms with Gasteiger partial charge in [0.2, 0.25) is 0 Å². The summed E-state index contributed by atoms with van der Waals surface area (Å²) in [5.41, 5.74) is 5.59. The van der Waals surface area contributed by atoms with E-state index in [0.717, 1.165) is 18.6 Å². The summed E-state index contributed by atoms with van der Waals surface area (Å²) < 4.78 is 0. The molecule has 1 amide bonds. The van der Waals surface area contributed by atoms with Crippen molar-refractivity contribution in [3.8, 4) is 0 Å². The van der Waals surface area contributed by atoms with Crippen LogP contribution in [0.25, 0.3) is 0 Å². The number of hydrogen-bond donors (Lipinski definition) is 2. The lowest BCUT2D eigenvalue weighted by atomic mass is 9.83. The molecule has 108 valence electrons. The van der Waals surface area contributed by atoms with Gasteiger partial charge in [0.15, 0.2) is 0 Å². The Morgan fingerprint density at radius 1 is 1.50 bits per heavy atom. The molecule has 1 fully saturated rings. The Balaban J connectivity index is 2.05. The Kier molecular flexibility index (Phi) is 4.44. The van der Waals surface area contributed by atoms with Crippen molar-refractivity contribution in [2.45, 2.75) is 25.7 Å². The molecule has 1 aromatic rings. The maximum atomic E-state index is 12.0. The second-order valence-corrected chi connectivity index (χ2v) is 5.39. The fraction of sp³-hybridized carbons (Fsp3) is 0.462. The van der Waals surface area contributed by atoms with Crippen molar-refractivity contribution in [2.24, 2.45) is 5.92 Å². The van der Waals surface area contributed by atoms with Gasteiger partial charge in [-0.05, 0) is 12.3 Å². The third kappa shape index (κ3) is 3.19. The van der Waals surface area contributed by atoms with Crippen molar-refractivity contribution in [3.63, 3.8) is 0 Å². The zero-order valence-corrected chi connectivity index (χ0v) is 11.7. The number of anilines is 1. The summed E-state index contributed by atoms with van der Waals surface area (Å²) >= 11 is 5.81. The summed E-state index contributed by atoms with van der Waals surface area (Å²) in [6.07, 6.45) is 4.60. The SMILES string of the molecule is Nc1c(Cl)cc([N+](=O)[O-])cc1C(=O)NCCC1CCC1. The Bertz CT molecular complexity index is 544. The maximum Gasteiger partial charge on any atom is 0.271 e. The molecule has 1 aliphatic rings. The van der Waals surface area contributed by atoms with E-state index in [-0.39, 0.29) is 22.0 Å². The molecule has 3 N–H and O–H groups in total. The molecule has 0 bridgehead atoms. The number of halogens is 1. The fourth-order valence-electron chi connectivity index (χ4n) is 2.16. The van der Waals surface area contributed by atoms with Crippen LogP contribution in [-0.2, 0) is 0 Å². The minimum absolute atomic E-state index is 0.0170. The third-order valence-electron chi connectivity index (χ3n) is 3.63. The Labute approximate surface area is 121 Å². The second kappa shape index (κ2) is 6.09. The summed E-state index contributed by atoms with van der Waals surface area (Å²) in [5.74, 6) is 0.258. The maximum absolute atomic E-state index is 12.0. The number of carbonyl (C=O) groups is 1. The van der Waals surface area contributed by atoms with Crippen LogP contribution < -0.4 is 11.1 Å². The van der Waals surface area contributed by atoms with Crippen molar-refractivity contribution in [3.05, 3.63) is 32.8 Å². The van der Waals surface area contributed by atoms with Gasteiger partial charge in [-0.2, -0.15) is 0 Å². The number of amides is 1. The first kappa shape index (κ1) is 14.6. The summed E-state index contributed by atoms with van der Waals surface area (Å²) in [4.78, 5) is 22.2. The van der Waals surface area contributed by atoms with Crippen LogP contribution >= 0.6 is 11.6 Å². The number of benzene rings is 1. The van der Waals surface area contributed by atoms with Crippen LogP contribution in [0.3, 0.4) is 0 Å². The second-order valence-electron chi connectivity index (χ2n) is 4.99. The van der Waals surface area contributed by atoms with Gasteiger partial charge < -0.3 is 11.1 Å². The number of nitrogens with two attached hydrogens (primary N) is 1. The molecule has 0 radical (unpaired) electrons. The monoisotopic (exact) mass is 297 g/mol. The zero-order chi connectivity index (χ0) is 14.7.